The molecule has 1 saturated heterocycles. The highest BCUT2D eigenvalue weighted by molar-refractivity contribution is 7.99. The molecule has 72 valence electrons. The largest absolute Gasteiger partial charge is 0.379 e. The highest BCUT2D eigenvalue weighted by atomic mass is 32.2. The molecule has 0 aliphatic carbocycles. The molecular formula is C11H11NOS. The van der Waals surface area contributed by atoms with Crippen molar-refractivity contribution in [2.75, 3.05) is 13.2 Å². The molecule has 1 aliphatic rings. The average molecular weight is 205 g/mol. The minimum Gasteiger partial charge on any atom is -0.379 e. The summed E-state index contributed by atoms with van der Waals surface area (Å²) in [6.45, 7) is 1.72. The van der Waals surface area contributed by atoms with Gasteiger partial charge in [-0.2, -0.15) is 5.26 Å². The van der Waals surface area contributed by atoms with E-state index in [1.807, 2.05) is 36.0 Å². The zero-order chi connectivity index (χ0) is 9.80. The van der Waals surface area contributed by atoms with Crippen LogP contribution < -0.4 is 0 Å². The predicted octanol–water partition coefficient (Wildman–Crippen LogP) is 2.19. The Balaban J connectivity index is 1.97. The average Bonchev–Trinajstić information content (AvgIpc) is 2.16. The van der Waals surface area contributed by atoms with E-state index in [2.05, 4.69) is 6.07 Å². The molecular weight excluding hydrogens is 194 g/mol. The Morgan fingerprint density at radius 3 is 2.86 bits per heavy atom. The van der Waals surface area contributed by atoms with Gasteiger partial charge in [0.1, 0.15) is 0 Å². The normalized spacial score (nSPS) is 15.9. The summed E-state index contributed by atoms with van der Waals surface area (Å²) >= 11 is 1.87. The van der Waals surface area contributed by atoms with Crippen LogP contribution in [-0.2, 0) is 10.5 Å². The van der Waals surface area contributed by atoms with E-state index in [1.54, 1.807) is 0 Å². The number of benzene rings is 1. The Hall–Kier alpha value is -0.980. The number of hydrogen-bond donors (Lipinski definition) is 0. The van der Waals surface area contributed by atoms with Crippen molar-refractivity contribution in [2.45, 2.75) is 11.0 Å². The molecule has 0 bridgehead atoms. The van der Waals surface area contributed by atoms with E-state index in [0.29, 0.717) is 5.25 Å². The van der Waals surface area contributed by atoms with Crippen LogP contribution in [0.2, 0.25) is 0 Å². The van der Waals surface area contributed by atoms with Gasteiger partial charge >= 0.3 is 0 Å². The van der Waals surface area contributed by atoms with Gasteiger partial charge in [0.15, 0.2) is 0 Å². The maximum absolute atomic E-state index is 8.87. The molecule has 1 aromatic rings. The number of nitrogens with zero attached hydrogens (tertiary/aromatic N) is 1. The molecule has 1 fully saturated rings. The fourth-order valence-electron chi connectivity index (χ4n) is 1.27. The first-order chi connectivity index (χ1) is 6.90. The molecule has 0 N–H and O–H groups in total. The van der Waals surface area contributed by atoms with Crippen molar-refractivity contribution in [3.63, 3.8) is 0 Å². The molecule has 0 atom stereocenters. The van der Waals surface area contributed by atoms with Crippen molar-refractivity contribution in [3.05, 3.63) is 35.4 Å². The number of nitriles is 1. The summed E-state index contributed by atoms with van der Waals surface area (Å²) in [6.07, 6.45) is 0. The van der Waals surface area contributed by atoms with Gasteiger partial charge in [-0.15, -0.1) is 11.8 Å². The van der Waals surface area contributed by atoms with Crippen LogP contribution in [0.25, 0.3) is 0 Å². The van der Waals surface area contributed by atoms with Gasteiger partial charge < -0.3 is 4.74 Å². The fourth-order valence-corrected chi connectivity index (χ4v) is 2.33. The summed E-state index contributed by atoms with van der Waals surface area (Å²) in [5.41, 5.74) is 1.92. The van der Waals surface area contributed by atoms with Crippen molar-refractivity contribution in [2.24, 2.45) is 0 Å². The van der Waals surface area contributed by atoms with Crippen molar-refractivity contribution < 1.29 is 4.74 Å². The Morgan fingerprint density at radius 2 is 2.21 bits per heavy atom. The first-order valence-electron chi connectivity index (χ1n) is 4.57. The van der Waals surface area contributed by atoms with Crippen molar-refractivity contribution >= 4 is 11.8 Å². The Morgan fingerprint density at radius 1 is 1.43 bits per heavy atom. The summed E-state index contributed by atoms with van der Waals surface area (Å²) in [6, 6.07) is 9.98. The summed E-state index contributed by atoms with van der Waals surface area (Å²) in [5, 5.41) is 9.50. The van der Waals surface area contributed by atoms with Crippen LogP contribution in [0.4, 0.5) is 0 Å². The second kappa shape index (κ2) is 4.50. The van der Waals surface area contributed by atoms with Crippen molar-refractivity contribution in [3.8, 4) is 6.07 Å². The van der Waals surface area contributed by atoms with Crippen LogP contribution in [0.3, 0.4) is 0 Å². The lowest BCUT2D eigenvalue weighted by Crippen LogP contribution is -2.30. The molecule has 1 aliphatic heterocycles. The third-order valence-corrected chi connectivity index (χ3v) is 3.44. The third-order valence-electron chi connectivity index (χ3n) is 2.22. The van der Waals surface area contributed by atoms with Crippen LogP contribution in [0, 0.1) is 11.3 Å². The van der Waals surface area contributed by atoms with E-state index in [4.69, 9.17) is 10.00 Å². The van der Waals surface area contributed by atoms with E-state index in [0.717, 1.165) is 30.1 Å². The molecule has 2 rings (SSSR count). The maximum Gasteiger partial charge on any atom is 0.0994 e. The van der Waals surface area contributed by atoms with Gasteiger partial charge in [-0.05, 0) is 11.6 Å². The van der Waals surface area contributed by atoms with Gasteiger partial charge in [0, 0.05) is 5.75 Å². The molecule has 2 nitrogen and oxygen atoms in total. The minimum absolute atomic E-state index is 0.627. The zero-order valence-corrected chi connectivity index (χ0v) is 8.59. The van der Waals surface area contributed by atoms with Crippen LogP contribution in [0.15, 0.2) is 24.3 Å². The third kappa shape index (κ3) is 2.09. The number of ether oxygens (including phenoxy) is 1. The lowest BCUT2D eigenvalue weighted by atomic mass is 10.1. The monoisotopic (exact) mass is 205 g/mol. The first-order valence-corrected chi connectivity index (χ1v) is 5.62. The van der Waals surface area contributed by atoms with Crippen LogP contribution in [0.5, 0.6) is 0 Å². The highest BCUT2D eigenvalue weighted by Gasteiger charge is 2.18. The van der Waals surface area contributed by atoms with Gasteiger partial charge in [-0.3, -0.25) is 0 Å². The lowest BCUT2D eigenvalue weighted by molar-refractivity contribution is 0.0455. The first kappa shape index (κ1) is 9.57. The minimum atomic E-state index is 0.627. The number of hydrogen-bond acceptors (Lipinski definition) is 3. The Labute approximate surface area is 87.9 Å². The molecule has 0 aromatic heterocycles. The summed E-state index contributed by atoms with van der Waals surface area (Å²) in [5.74, 6) is 0.914. The summed E-state index contributed by atoms with van der Waals surface area (Å²) in [7, 11) is 0. The molecule has 0 unspecified atom stereocenters. The summed E-state index contributed by atoms with van der Waals surface area (Å²) < 4.78 is 5.09. The van der Waals surface area contributed by atoms with Gasteiger partial charge in [0.05, 0.1) is 30.1 Å². The van der Waals surface area contributed by atoms with E-state index < -0.39 is 0 Å². The lowest BCUT2D eigenvalue weighted by Gasteiger charge is -2.25. The van der Waals surface area contributed by atoms with Gasteiger partial charge in [-0.1, -0.05) is 18.2 Å². The predicted molar refractivity (Wildman–Crippen MR) is 57.1 cm³/mol. The molecule has 0 radical (unpaired) electrons. The second-order valence-corrected chi connectivity index (χ2v) is 4.53. The topological polar surface area (TPSA) is 33.0 Å². The van der Waals surface area contributed by atoms with Gasteiger partial charge in [0.25, 0.3) is 0 Å². The van der Waals surface area contributed by atoms with E-state index in [-0.39, 0.29) is 0 Å². The van der Waals surface area contributed by atoms with Gasteiger partial charge in [-0.25, -0.2) is 0 Å². The molecule has 1 heterocycles. The molecule has 0 amide bonds. The van der Waals surface area contributed by atoms with Crippen LogP contribution in [-0.4, -0.2) is 18.5 Å². The molecule has 0 spiro atoms. The quantitative estimate of drug-likeness (QED) is 0.758. The van der Waals surface area contributed by atoms with Gasteiger partial charge in [0.2, 0.25) is 0 Å². The van der Waals surface area contributed by atoms with Crippen molar-refractivity contribution in [1.82, 2.24) is 0 Å². The Bertz CT molecular complexity index is 355. The van der Waals surface area contributed by atoms with Crippen LogP contribution >= 0.6 is 11.8 Å². The summed E-state index contributed by atoms with van der Waals surface area (Å²) in [4.78, 5) is 0. The van der Waals surface area contributed by atoms with E-state index in [1.165, 1.54) is 0 Å². The SMILES string of the molecule is N#Cc1ccccc1CSC1COC1. The number of rotatable bonds is 3. The molecule has 0 saturated carbocycles. The standard InChI is InChI=1S/C11H11NOS/c12-5-9-3-1-2-4-10(9)8-14-11-6-13-7-11/h1-4,11H,6-8H2. The molecule has 1 aromatic carbocycles. The van der Waals surface area contributed by atoms with E-state index in [9.17, 15) is 0 Å². The number of thioether (sulfide) groups is 1. The smallest absolute Gasteiger partial charge is 0.0994 e. The Kier molecular flexibility index (Phi) is 3.07. The van der Waals surface area contributed by atoms with Crippen LogP contribution in [0.1, 0.15) is 11.1 Å². The zero-order valence-electron chi connectivity index (χ0n) is 7.77. The van der Waals surface area contributed by atoms with E-state index >= 15 is 0 Å². The van der Waals surface area contributed by atoms with Crippen molar-refractivity contribution in [1.29, 1.82) is 5.26 Å². The molecule has 14 heavy (non-hydrogen) atoms. The fraction of sp³-hybridized carbons (Fsp3) is 0.364. The molecule has 3 heteroatoms. The maximum atomic E-state index is 8.87. The second-order valence-electron chi connectivity index (χ2n) is 3.24. The highest BCUT2D eigenvalue weighted by Crippen LogP contribution is 2.24.